The fourth-order valence-electron chi connectivity index (χ4n) is 3.70. The second-order valence-electron chi connectivity index (χ2n) is 9.16. The van der Waals surface area contributed by atoms with Gasteiger partial charge in [-0.2, -0.15) is 8.78 Å². The smallest absolute Gasteiger partial charge is 0.283 e. The van der Waals surface area contributed by atoms with Crippen LogP contribution in [0.4, 0.5) is 20.2 Å². The van der Waals surface area contributed by atoms with Gasteiger partial charge < -0.3 is 15.5 Å². The van der Waals surface area contributed by atoms with Crippen LogP contribution in [0.2, 0.25) is 0 Å². The molecule has 0 aromatic heterocycles. The molecule has 2 unspecified atom stereocenters. The molecule has 1 amide bonds. The van der Waals surface area contributed by atoms with Crippen LogP contribution in [0.3, 0.4) is 0 Å². The molecule has 0 saturated carbocycles. The highest BCUT2D eigenvalue weighted by molar-refractivity contribution is 7.17. The number of rotatable bonds is 11. The van der Waals surface area contributed by atoms with Crippen LogP contribution in [0.1, 0.15) is 64.2 Å². The first kappa shape index (κ1) is 29.3. The molecule has 2 rings (SSSR count). The summed E-state index contributed by atoms with van der Waals surface area (Å²) in [6.07, 6.45) is 7.40. The molecule has 0 saturated heterocycles. The summed E-state index contributed by atoms with van der Waals surface area (Å²) in [4.78, 5) is 14.3. The lowest BCUT2D eigenvalue weighted by atomic mass is 9.83. The van der Waals surface area contributed by atoms with Gasteiger partial charge in [0.2, 0.25) is 5.91 Å². The van der Waals surface area contributed by atoms with Crippen molar-refractivity contribution in [3.8, 4) is 0 Å². The van der Waals surface area contributed by atoms with Gasteiger partial charge in [0, 0.05) is 42.2 Å². The Kier molecular flexibility index (Phi) is 10.0. The Hall–Kier alpha value is -2.98. The predicted octanol–water partition coefficient (Wildman–Crippen LogP) is 7.89. The van der Waals surface area contributed by atoms with E-state index in [1.165, 1.54) is 12.1 Å². The molecule has 2 atom stereocenters. The Labute approximate surface area is 216 Å². The summed E-state index contributed by atoms with van der Waals surface area (Å²) in [6, 6.07) is 12.0. The van der Waals surface area contributed by atoms with Gasteiger partial charge in [0.05, 0.1) is 5.54 Å². The number of hydrogen-bond donors (Lipinski definition) is 2. The third-order valence-corrected chi connectivity index (χ3v) is 6.44. The molecule has 36 heavy (non-hydrogen) atoms. The van der Waals surface area contributed by atoms with Crippen molar-refractivity contribution >= 4 is 32.1 Å². The maximum absolute atomic E-state index is 13.6. The number of allylic oxidation sites excluding steroid dienone is 2. The van der Waals surface area contributed by atoms with Crippen molar-refractivity contribution < 1.29 is 13.6 Å². The summed E-state index contributed by atoms with van der Waals surface area (Å²) in [5, 5.41) is 6.48. The summed E-state index contributed by atoms with van der Waals surface area (Å²) < 4.78 is 27.2. The van der Waals surface area contributed by atoms with E-state index in [9.17, 15) is 13.6 Å². The molecule has 0 spiro atoms. The number of alkyl halides is 2. The molecular weight excluding hydrogens is 475 g/mol. The molecule has 0 aliphatic heterocycles. The number of nitrogens with zero attached hydrogens (tertiary/aromatic N) is 1. The lowest BCUT2D eigenvalue weighted by molar-refractivity contribution is -0.122. The molecule has 0 heterocycles. The highest BCUT2D eigenvalue weighted by Gasteiger charge is 2.30. The number of carbonyl (C=O) groups is 1. The van der Waals surface area contributed by atoms with Gasteiger partial charge in [0.15, 0.2) is 0 Å². The second-order valence-corrected chi connectivity index (χ2v) is 9.89. The Bertz CT molecular complexity index is 1140. The summed E-state index contributed by atoms with van der Waals surface area (Å²) in [6.45, 7) is 13.9. The summed E-state index contributed by atoms with van der Waals surface area (Å²) >= 11 is 0. The molecule has 2 N–H and O–H groups in total. The zero-order valence-corrected chi connectivity index (χ0v) is 23.2. The van der Waals surface area contributed by atoms with Crippen LogP contribution < -0.4 is 10.6 Å². The number of nitrogens with one attached hydrogen (secondary N) is 2. The summed E-state index contributed by atoms with van der Waals surface area (Å²) in [7, 11) is 3.53. The standard InChI is InChI=1S/C29H38F2N3OP/c1-8-10-17-34(7)19-21(5)25-18-23(28(6,20(3)4)33-27(35)9-2)13-16-26(25)32-24-14-11-22(12-15-24)29(30,31)36/h10-19,32H,3,8-9,36H2,1-2,4-7H3,(H,33,35)/b17-10+,21-19+. The summed E-state index contributed by atoms with van der Waals surface area (Å²) in [5.41, 5.74) is 1.33. The largest absolute Gasteiger partial charge is 0.357 e. The fraction of sp³-hybridized carbons (Fsp3) is 0.345. The van der Waals surface area contributed by atoms with E-state index in [1.54, 1.807) is 21.4 Å². The number of benzene rings is 2. The van der Waals surface area contributed by atoms with Crippen molar-refractivity contribution in [1.82, 2.24) is 10.2 Å². The van der Waals surface area contributed by atoms with E-state index in [2.05, 4.69) is 30.2 Å². The zero-order valence-electron chi connectivity index (χ0n) is 22.1. The van der Waals surface area contributed by atoms with E-state index in [4.69, 9.17) is 0 Å². The average Bonchev–Trinajstić information content (AvgIpc) is 2.82. The number of anilines is 2. The quantitative estimate of drug-likeness (QED) is 0.237. The topological polar surface area (TPSA) is 44.4 Å². The fourth-order valence-corrected chi connectivity index (χ4v) is 3.90. The molecule has 4 nitrogen and oxygen atoms in total. The van der Waals surface area contributed by atoms with Crippen molar-refractivity contribution in [2.24, 2.45) is 0 Å². The van der Waals surface area contributed by atoms with Crippen molar-refractivity contribution in [1.29, 1.82) is 0 Å². The van der Waals surface area contributed by atoms with Gasteiger partial charge >= 0.3 is 0 Å². The van der Waals surface area contributed by atoms with Crippen LogP contribution in [-0.2, 0) is 16.0 Å². The van der Waals surface area contributed by atoms with E-state index in [-0.39, 0.29) is 11.5 Å². The van der Waals surface area contributed by atoms with Crippen molar-refractivity contribution in [2.45, 2.75) is 58.7 Å². The van der Waals surface area contributed by atoms with E-state index in [0.29, 0.717) is 12.1 Å². The molecule has 0 aliphatic carbocycles. The van der Waals surface area contributed by atoms with Gasteiger partial charge in [0.25, 0.3) is 5.66 Å². The average molecular weight is 514 g/mol. The molecule has 2 aromatic carbocycles. The van der Waals surface area contributed by atoms with Gasteiger partial charge in [-0.05, 0) is 68.8 Å². The molecule has 0 aliphatic rings. The van der Waals surface area contributed by atoms with Crippen LogP contribution in [0.15, 0.2) is 73.1 Å². The van der Waals surface area contributed by atoms with Gasteiger partial charge in [-0.15, -0.1) is 0 Å². The SMILES string of the molecule is C=C(C)C(C)(NC(=O)CC)c1ccc(Nc2ccc(C(F)(F)P)cc2)c(/C(C)=C/N(C)/C=C/CC)c1. The molecule has 0 radical (unpaired) electrons. The Morgan fingerprint density at radius 1 is 1.11 bits per heavy atom. The molecule has 0 fully saturated rings. The van der Waals surface area contributed by atoms with Crippen molar-refractivity contribution in [3.63, 3.8) is 0 Å². The van der Waals surface area contributed by atoms with Crippen molar-refractivity contribution in [3.05, 3.63) is 89.8 Å². The van der Waals surface area contributed by atoms with Crippen LogP contribution in [0.5, 0.6) is 0 Å². The third-order valence-electron chi connectivity index (χ3n) is 6.11. The number of amides is 1. The minimum absolute atomic E-state index is 0.0630. The van der Waals surface area contributed by atoms with Gasteiger partial charge in [-0.25, -0.2) is 0 Å². The van der Waals surface area contributed by atoms with E-state index >= 15 is 0 Å². The van der Waals surface area contributed by atoms with Crippen LogP contribution >= 0.6 is 9.24 Å². The minimum Gasteiger partial charge on any atom is -0.357 e. The Morgan fingerprint density at radius 3 is 2.25 bits per heavy atom. The lowest BCUT2D eigenvalue weighted by Gasteiger charge is -2.33. The maximum atomic E-state index is 13.6. The molecule has 0 bridgehead atoms. The normalized spacial score (nSPS) is 13.9. The first-order chi connectivity index (χ1) is 16.8. The molecule has 2 aromatic rings. The maximum Gasteiger partial charge on any atom is 0.283 e. The van der Waals surface area contributed by atoms with Gasteiger partial charge in [-0.3, -0.25) is 4.79 Å². The zero-order chi connectivity index (χ0) is 27.1. The van der Waals surface area contributed by atoms with Crippen molar-refractivity contribution in [2.75, 3.05) is 12.4 Å². The van der Waals surface area contributed by atoms with E-state index in [1.807, 2.05) is 70.2 Å². The monoisotopic (exact) mass is 513 g/mol. The number of hydrogen-bond acceptors (Lipinski definition) is 3. The van der Waals surface area contributed by atoms with Crippen LogP contribution in [0, 0.1) is 0 Å². The van der Waals surface area contributed by atoms with Crippen LogP contribution in [0.25, 0.3) is 5.57 Å². The molecule has 7 heteroatoms. The minimum atomic E-state index is -2.98. The van der Waals surface area contributed by atoms with Crippen LogP contribution in [-0.4, -0.2) is 17.9 Å². The summed E-state index contributed by atoms with van der Waals surface area (Å²) in [5.74, 6) is -0.0630. The third kappa shape index (κ3) is 7.51. The highest BCUT2D eigenvalue weighted by Crippen LogP contribution is 2.37. The van der Waals surface area contributed by atoms with Gasteiger partial charge in [0.1, 0.15) is 0 Å². The number of carbonyl (C=O) groups excluding carboxylic acids is 1. The highest BCUT2D eigenvalue weighted by atomic mass is 31.0. The Morgan fingerprint density at radius 2 is 1.72 bits per heavy atom. The first-order valence-electron chi connectivity index (χ1n) is 12.0. The van der Waals surface area contributed by atoms with Gasteiger partial charge in [-0.1, -0.05) is 59.5 Å². The first-order valence-corrected chi connectivity index (χ1v) is 12.6. The second kappa shape index (κ2) is 12.3. The van der Waals surface area contributed by atoms with E-state index in [0.717, 1.165) is 34.4 Å². The Balaban J connectivity index is 2.59. The molecule has 194 valence electrons. The van der Waals surface area contributed by atoms with E-state index < -0.39 is 11.2 Å². The number of halogens is 2. The lowest BCUT2D eigenvalue weighted by Crippen LogP contribution is -2.44. The predicted molar refractivity (Wildman–Crippen MR) is 151 cm³/mol. The molecular formula is C29H38F2N3OP.